The summed E-state index contributed by atoms with van der Waals surface area (Å²) >= 11 is 1.46. The summed E-state index contributed by atoms with van der Waals surface area (Å²) in [6.07, 6.45) is 5.35. The molecule has 1 unspecified atom stereocenters. The maximum Gasteiger partial charge on any atom is 0.196 e. The molecule has 0 amide bonds. The number of carbonyl (C=O) groups excluding carboxylic acids is 1. The van der Waals surface area contributed by atoms with E-state index in [4.69, 9.17) is 0 Å². The summed E-state index contributed by atoms with van der Waals surface area (Å²) in [5, 5.41) is 8.88. The number of hydrogen-bond donors (Lipinski definition) is 0. The predicted octanol–water partition coefficient (Wildman–Crippen LogP) is 3.58. The second-order valence-corrected chi connectivity index (χ2v) is 7.18. The maximum atomic E-state index is 12.7. The van der Waals surface area contributed by atoms with Crippen LogP contribution in [-0.4, -0.2) is 25.6 Å². The fraction of sp³-hybridized carbons (Fsp3) is 0.278. The summed E-state index contributed by atoms with van der Waals surface area (Å²) in [7, 11) is 0. The van der Waals surface area contributed by atoms with Gasteiger partial charge in [0.1, 0.15) is 0 Å². The SMILES string of the molecule is CC(Sc1nnc2ccccn12)C(=O)c1ccc2c(c1)CCC2. The zero-order valence-electron chi connectivity index (χ0n) is 12.9. The van der Waals surface area contributed by atoms with Crippen molar-refractivity contribution < 1.29 is 4.79 Å². The van der Waals surface area contributed by atoms with Gasteiger partial charge in [0.25, 0.3) is 0 Å². The molecular weight excluding hydrogens is 306 g/mol. The third kappa shape index (κ3) is 2.65. The van der Waals surface area contributed by atoms with E-state index in [1.54, 1.807) is 0 Å². The molecular formula is C18H17N3OS. The average Bonchev–Trinajstić information content (AvgIpc) is 3.20. The van der Waals surface area contributed by atoms with Gasteiger partial charge in [0.05, 0.1) is 5.25 Å². The molecule has 4 nitrogen and oxygen atoms in total. The molecule has 0 saturated carbocycles. The minimum absolute atomic E-state index is 0.150. The van der Waals surface area contributed by atoms with Crippen molar-refractivity contribution in [2.45, 2.75) is 36.6 Å². The molecule has 0 saturated heterocycles. The van der Waals surface area contributed by atoms with Gasteiger partial charge in [-0.25, -0.2) is 0 Å². The van der Waals surface area contributed by atoms with Crippen molar-refractivity contribution in [3.8, 4) is 0 Å². The summed E-state index contributed by atoms with van der Waals surface area (Å²) in [5.74, 6) is 0.150. The average molecular weight is 323 g/mol. The molecule has 0 radical (unpaired) electrons. The van der Waals surface area contributed by atoms with Crippen LogP contribution in [0, 0.1) is 0 Å². The van der Waals surface area contributed by atoms with E-state index in [2.05, 4.69) is 22.3 Å². The van der Waals surface area contributed by atoms with Crippen LogP contribution in [0.1, 0.15) is 34.8 Å². The third-order valence-electron chi connectivity index (χ3n) is 4.32. The normalized spacial score (nSPS) is 14.8. The summed E-state index contributed by atoms with van der Waals surface area (Å²) < 4.78 is 1.91. The van der Waals surface area contributed by atoms with Gasteiger partial charge in [-0.05, 0) is 55.5 Å². The van der Waals surface area contributed by atoms with E-state index in [0.717, 1.165) is 29.2 Å². The smallest absolute Gasteiger partial charge is 0.196 e. The van der Waals surface area contributed by atoms with Gasteiger partial charge in [-0.3, -0.25) is 9.20 Å². The number of rotatable bonds is 4. The lowest BCUT2D eigenvalue weighted by molar-refractivity contribution is 0.0994. The molecule has 1 aromatic carbocycles. The largest absolute Gasteiger partial charge is 0.293 e. The van der Waals surface area contributed by atoms with Crippen molar-refractivity contribution in [2.75, 3.05) is 0 Å². The zero-order valence-corrected chi connectivity index (χ0v) is 13.7. The molecule has 23 heavy (non-hydrogen) atoms. The lowest BCUT2D eigenvalue weighted by atomic mass is 10.0. The molecule has 1 aliphatic carbocycles. The lowest BCUT2D eigenvalue weighted by Gasteiger charge is -2.10. The standard InChI is InChI=1S/C18H17N3OS/c1-12(23-18-20-19-16-7-2-3-10-21(16)18)17(22)15-9-8-13-5-4-6-14(13)11-15/h2-3,7-12H,4-6H2,1H3. The molecule has 4 rings (SSSR count). The quantitative estimate of drug-likeness (QED) is 0.544. The summed E-state index contributed by atoms with van der Waals surface area (Å²) in [6.45, 7) is 1.93. The highest BCUT2D eigenvalue weighted by molar-refractivity contribution is 8.00. The van der Waals surface area contributed by atoms with Gasteiger partial charge in [-0.1, -0.05) is 30.0 Å². The van der Waals surface area contributed by atoms with Gasteiger partial charge in [-0.15, -0.1) is 10.2 Å². The van der Waals surface area contributed by atoms with E-state index < -0.39 is 0 Å². The van der Waals surface area contributed by atoms with E-state index in [0.29, 0.717) is 0 Å². The van der Waals surface area contributed by atoms with Crippen LogP contribution in [0.25, 0.3) is 5.65 Å². The van der Waals surface area contributed by atoms with E-state index in [1.807, 2.05) is 41.8 Å². The Bertz CT molecular complexity index is 887. The molecule has 2 heterocycles. The van der Waals surface area contributed by atoms with E-state index >= 15 is 0 Å². The number of ketones is 1. The van der Waals surface area contributed by atoms with Gasteiger partial charge in [0.2, 0.25) is 0 Å². The topological polar surface area (TPSA) is 47.3 Å². The molecule has 0 spiro atoms. The van der Waals surface area contributed by atoms with Crippen LogP contribution in [0.3, 0.4) is 0 Å². The van der Waals surface area contributed by atoms with E-state index in [9.17, 15) is 4.79 Å². The maximum absolute atomic E-state index is 12.7. The van der Waals surface area contributed by atoms with Crippen molar-refractivity contribution in [3.05, 3.63) is 59.3 Å². The second-order valence-electron chi connectivity index (χ2n) is 5.87. The van der Waals surface area contributed by atoms with Crippen LogP contribution in [0.2, 0.25) is 0 Å². The Morgan fingerprint density at radius 1 is 1.17 bits per heavy atom. The highest BCUT2D eigenvalue weighted by Crippen LogP contribution is 2.27. The number of fused-ring (bicyclic) bond motifs is 2. The lowest BCUT2D eigenvalue weighted by Crippen LogP contribution is -2.14. The fourth-order valence-electron chi connectivity index (χ4n) is 3.07. The van der Waals surface area contributed by atoms with Crippen LogP contribution in [0.5, 0.6) is 0 Å². The predicted molar refractivity (Wildman–Crippen MR) is 91.1 cm³/mol. The molecule has 1 atom stereocenters. The molecule has 0 fully saturated rings. The Kier molecular flexibility index (Phi) is 3.65. The van der Waals surface area contributed by atoms with Crippen LogP contribution in [0.4, 0.5) is 0 Å². The number of nitrogens with zero attached hydrogens (tertiary/aromatic N) is 3. The number of thioether (sulfide) groups is 1. The van der Waals surface area contributed by atoms with Gasteiger partial charge in [-0.2, -0.15) is 0 Å². The minimum atomic E-state index is -0.193. The van der Waals surface area contributed by atoms with Crippen molar-refractivity contribution in [3.63, 3.8) is 0 Å². The summed E-state index contributed by atoms with van der Waals surface area (Å²) in [6, 6.07) is 11.9. The van der Waals surface area contributed by atoms with Gasteiger partial charge in [0, 0.05) is 11.8 Å². The first-order chi connectivity index (χ1) is 11.2. The van der Waals surface area contributed by atoms with Crippen molar-refractivity contribution in [1.29, 1.82) is 0 Å². The van der Waals surface area contributed by atoms with Gasteiger partial charge in [0.15, 0.2) is 16.6 Å². The first-order valence-corrected chi connectivity index (χ1v) is 8.73. The number of Topliss-reactive ketones (excluding diaryl/α,β-unsaturated/α-hetero) is 1. The van der Waals surface area contributed by atoms with Crippen LogP contribution in [-0.2, 0) is 12.8 Å². The Labute approximate surface area is 138 Å². The van der Waals surface area contributed by atoms with Crippen LogP contribution in [0.15, 0.2) is 47.8 Å². The first-order valence-electron chi connectivity index (χ1n) is 7.85. The monoisotopic (exact) mass is 323 g/mol. The number of hydrogen-bond acceptors (Lipinski definition) is 4. The molecule has 5 heteroatoms. The number of benzene rings is 1. The van der Waals surface area contributed by atoms with Crippen molar-refractivity contribution >= 4 is 23.2 Å². The minimum Gasteiger partial charge on any atom is -0.293 e. The molecule has 1 aliphatic rings. The van der Waals surface area contributed by atoms with Gasteiger partial charge < -0.3 is 0 Å². The first kappa shape index (κ1) is 14.5. The van der Waals surface area contributed by atoms with Crippen molar-refractivity contribution in [1.82, 2.24) is 14.6 Å². The highest BCUT2D eigenvalue weighted by Gasteiger charge is 2.21. The Morgan fingerprint density at radius 3 is 2.96 bits per heavy atom. The second kappa shape index (κ2) is 5.81. The van der Waals surface area contributed by atoms with E-state index in [1.165, 1.54) is 29.3 Å². The highest BCUT2D eigenvalue weighted by atomic mass is 32.2. The summed E-state index contributed by atoms with van der Waals surface area (Å²) in [5.41, 5.74) is 4.33. The molecule has 0 bridgehead atoms. The van der Waals surface area contributed by atoms with E-state index in [-0.39, 0.29) is 11.0 Å². The fourth-order valence-corrected chi connectivity index (χ4v) is 3.99. The van der Waals surface area contributed by atoms with Crippen molar-refractivity contribution in [2.24, 2.45) is 0 Å². The number of pyridine rings is 1. The molecule has 0 aliphatic heterocycles. The Hall–Kier alpha value is -2.14. The number of aryl methyl sites for hydroxylation is 2. The molecule has 0 N–H and O–H groups in total. The van der Waals surface area contributed by atoms with Crippen LogP contribution < -0.4 is 0 Å². The zero-order chi connectivity index (χ0) is 15.8. The summed E-state index contributed by atoms with van der Waals surface area (Å²) in [4.78, 5) is 12.7. The Balaban J connectivity index is 1.56. The number of aromatic nitrogens is 3. The molecule has 116 valence electrons. The van der Waals surface area contributed by atoms with Crippen LogP contribution >= 0.6 is 11.8 Å². The molecule has 2 aromatic heterocycles. The Morgan fingerprint density at radius 2 is 2.04 bits per heavy atom. The molecule has 3 aromatic rings. The third-order valence-corrected chi connectivity index (χ3v) is 5.37. The van der Waals surface area contributed by atoms with Gasteiger partial charge >= 0.3 is 0 Å². The number of carbonyl (C=O) groups is 1.